The number of nitrogens with zero attached hydrogens (tertiary/aromatic N) is 1. The maximum absolute atomic E-state index is 12.4. The highest BCUT2D eigenvalue weighted by atomic mass is 32.2. The van der Waals surface area contributed by atoms with E-state index in [1.807, 2.05) is 13.8 Å². The van der Waals surface area contributed by atoms with E-state index in [-0.39, 0.29) is 17.0 Å². The van der Waals surface area contributed by atoms with E-state index in [1.54, 1.807) is 30.3 Å². The minimum absolute atomic E-state index is 0.117. The Balaban J connectivity index is 2.36. The summed E-state index contributed by atoms with van der Waals surface area (Å²) in [5.41, 5.74) is 1.02. The van der Waals surface area contributed by atoms with Gasteiger partial charge in [0.1, 0.15) is 0 Å². The maximum atomic E-state index is 12.4. The van der Waals surface area contributed by atoms with Gasteiger partial charge in [-0.25, -0.2) is 8.42 Å². The Bertz CT molecular complexity index is 536. The lowest BCUT2D eigenvalue weighted by Gasteiger charge is -2.19. The number of hydroxylamine groups is 1. The van der Waals surface area contributed by atoms with E-state index in [2.05, 4.69) is 6.58 Å². The first-order chi connectivity index (χ1) is 8.45. The normalized spacial score (nSPS) is 25.2. The Labute approximate surface area is 108 Å². The average Bonchev–Trinajstić information content (AvgIpc) is 2.72. The monoisotopic (exact) mass is 267 g/mol. The van der Waals surface area contributed by atoms with Crippen LogP contribution < -0.4 is 0 Å². The Kier molecular flexibility index (Phi) is 3.56. The highest BCUT2D eigenvalue weighted by Crippen LogP contribution is 2.28. The topological polar surface area (TPSA) is 46.6 Å². The molecule has 98 valence electrons. The zero-order valence-corrected chi connectivity index (χ0v) is 11.4. The van der Waals surface area contributed by atoms with Crippen molar-refractivity contribution in [1.29, 1.82) is 0 Å². The van der Waals surface area contributed by atoms with Gasteiger partial charge in [-0.3, -0.25) is 4.84 Å². The first kappa shape index (κ1) is 13.3. The quantitative estimate of drug-likeness (QED) is 0.789. The van der Waals surface area contributed by atoms with Crippen LogP contribution in [0.2, 0.25) is 0 Å². The fraction of sp³-hybridized carbons (Fsp3) is 0.385. The van der Waals surface area contributed by atoms with Crippen LogP contribution in [0.3, 0.4) is 0 Å². The van der Waals surface area contributed by atoms with E-state index in [4.69, 9.17) is 4.84 Å². The van der Waals surface area contributed by atoms with Crippen LogP contribution in [0.25, 0.3) is 0 Å². The van der Waals surface area contributed by atoms with Crippen molar-refractivity contribution in [2.24, 2.45) is 0 Å². The molecule has 1 aliphatic rings. The summed E-state index contributed by atoms with van der Waals surface area (Å²) in [7, 11) is -3.61. The smallest absolute Gasteiger partial charge is 0.265 e. The summed E-state index contributed by atoms with van der Waals surface area (Å²) in [6, 6.07) is 6.44. The molecular weight excluding hydrogens is 250 g/mol. The second kappa shape index (κ2) is 4.84. The number of rotatable bonds is 3. The van der Waals surface area contributed by atoms with Gasteiger partial charge in [-0.1, -0.05) is 28.2 Å². The van der Waals surface area contributed by atoms with Crippen molar-refractivity contribution in [3.8, 4) is 0 Å². The molecule has 0 aliphatic carbocycles. The Morgan fingerprint density at radius 2 is 2.00 bits per heavy atom. The lowest BCUT2D eigenvalue weighted by Crippen LogP contribution is -2.33. The molecule has 1 fully saturated rings. The van der Waals surface area contributed by atoms with Crippen LogP contribution in [-0.4, -0.2) is 25.0 Å². The molecule has 1 heterocycles. The molecule has 0 saturated carbocycles. The molecule has 1 aliphatic heterocycles. The van der Waals surface area contributed by atoms with Crippen LogP contribution >= 0.6 is 0 Å². The Morgan fingerprint density at radius 3 is 2.56 bits per heavy atom. The lowest BCUT2D eigenvalue weighted by atomic mass is 10.2. The summed E-state index contributed by atoms with van der Waals surface area (Å²) >= 11 is 0. The van der Waals surface area contributed by atoms with E-state index in [0.29, 0.717) is 6.42 Å². The minimum Gasteiger partial charge on any atom is -0.280 e. The average molecular weight is 267 g/mol. The van der Waals surface area contributed by atoms with E-state index < -0.39 is 10.0 Å². The molecule has 18 heavy (non-hydrogen) atoms. The molecule has 0 radical (unpaired) electrons. The van der Waals surface area contributed by atoms with Gasteiger partial charge in [0.25, 0.3) is 10.0 Å². The fourth-order valence-electron chi connectivity index (χ4n) is 1.96. The maximum Gasteiger partial charge on any atom is 0.265 e. The number of hydrogen-bond acceptors (Lipinski definition) is 3. The summed E-state index contributed by atoms with van der Waals surface area (Å²) < 4.78 is 25.9. The molecule has 0 N–H and O–H groups in total. The molecule has 1 aromatic carbocycles. The van der Waals surface area contributed by atoms with Gasteiger partial charge in [0.2, 0.25) is 0 Å². The second-order valence-electron chi connectivity index (χ2n) is 4.53. The fourth-order valence-corrected chi connectivity index (χ4v) is 3.43. The summed E-state index contributed by atoms with van der Waals surface area (Å²) in [5, 5.41) is 0. The van der Waals surface area contributed by atoms with Crippen molar-refractivity contribution in [2.45, 2.75) is 37.3 Å². The van der Waals surface area contributed by atoms with Crippen LogP contribution in [0, 0.1) is 6.92 Å². The van der Waals surface area contributed by atoms with Gasteiger partial charge in [0.15, 0.2) is 0 Å². The molecule has 0 aromatic heterocycles. The van der Waals surface area contributed by atoms with E-state index in [1.165, 1.54) is 0 Å². The van der Waals surface area contributed by atoms with E-state index in [0.717, 1.165) is 10.0 Å². The minimum atomic E-state index is -3.61. The van der Waals surface area contributed by atoms with Crippen LogP contribution in [0.15, 0.2) is 41.8 Å². The van der Waals surface area contributed by atoms with Crippen molar-refractivity contribution in [1.82, 2.24) is 4.47 Å². The molecule has 2 atom stereocenters. The van der Waals surface area contributed by atoms with E-state index in [9.17, 15) is 8.42 Å². The third kappa shape index (κ3) is 2.34. The van der Waals surface area contributed by atoms with Gasteiger partial charge < -0.3 is 0 Å². The van der Waals surface area contributed by atoms with Crippen molar-refractivity contribution < 1.29 is 13.3 Å². The first-order valence-electron chi connectivity index (χ1n) is 5.85. The molecule has 0 spiro atoms. The van der Waals surface area contributed by atoms with Gasteiger partial charge in [-0.2, -0.15) is 0 Å². The number of hydrogen-bond donors (Lipinski definition) is 0. The summed E-state index contributed by atoms with van der Waals surface area (Å²) in [5.74, 6) is 0. The molecule has 0 bridgehead atoms. The first-order valence-corrected chi connectivity index (χ1v) is 7.29. The summed E-state index contributed by atoms with van der Waals surface area (Å²) in [4.78, 5) is 5.63. The zero-order valence-electron chi connectivity index (χ0n) is 10.5. The molecule has 0 amide bonds. The highest BCUT2D eigenvalue weighted by Gasteiger charge is 2.38. The molecule has 1 aromatic rings. The van der Waals surface area contributed by atoms with Gasteiger partial charge in [0, 0.05) is 0 Å². The third-order valence-corrected chi connectivity index (χ3v) is 4.65. The van der Waals surface area contributed by atoms with Gasteiger partial charge in [-0.05, 0) is 32.4 Å². The summed E-state index contributed by atoms with van der Waals surface area (Å²) in [6.45, 7) is 7.42. The van der Waals surface area contributed by atoms with E-state index >= 15 is 0 Å². The summed E-state index contributed by atoms with van der Waals surface area (Å²) in [6.07, 6.45) is 2.12. The van der Waals surface area contributed by atoms with Crippen molar-refractivity contribution >= 4 is 10.0 Å². The van der Waals surface area contributed by atoms with Crippen LogP contribution in [0.4, 0.5) is 0 Å². The standard InChI is InChI=1S/C13H17NO3S/c1-4-12-9-11(3)17-14(12)18(15,16)13-7-5-10(2)6-8-13/h4-8,11-12H,1,9H2,2-3H3. The Morgan fingerprint density at radius 1 is 1.39 bits per heavy atom. The molecule has 2 unspecified atom stereocenters. The number of sulfonamides is 1. The number of aryl methyl sites for hydroxylation is 1. The molecule has 2 rings (SSSR count). The third-order valence-electron chi connectivity index (χ3n) is 2.96. The SMILES string of the molecule is C=CC1CC(C)ON1S(=O)(=O)c1ccc(C)cc1. The van der Waals surface area contributed by atoms with Gasteiger partial charge >= 0.3 is 0 Å². The number of benzene rings is 1. The second-order valence-corrected chi connectivity index (χ2v) is 6.31. The molecule has 5 heteroatoms. The van der Waals surface area contributed by atoms with Gasteiger partial charge in [0.05, 0.1) is 17.0 Å². The van der Waals surface area contributed by atoms with Crippen molar-refractivity contribution in [2.75, 3.05) is 0 Å². The van der Waals surface area contributed by atoms with Gasteiger partial charge in [-0.15, -0.1) is 6.58 Å². The van der Waals surface area contributed by atoms with Crippen LogP contribution in [0.5, 0.6) is 0 Å². The van der Waals surface area contributed by atoms with Crippen molar-refractivity contribution in [3.63, 3.8) is 0 Å². The highest BCUT2D eigenvalue weighted by molar-refractivity contribution is 7.89. The predicted octanol–water partition coefficient (Wildman–Crippen LogP) is 2.26. The molecular formula is C13H17NO3S. The van der Waals surface area contributed by atoms with Crippen LogP contribution in [0.1, 0.15) is 18.9 Å². The predicted molar refractivity (Wildman–Crippen MR) is 69.4 cm³/mol. The zero-order chi connectivity index (χ0) is 13.3. The molecule has 4 nitrogen and oxygen atoms in total. The Hall–Kier alpha value is -1.17. The van der Waals surface area contributed by atoms with Crippen molar-refractivity contribution in [3.05, 3.63) is 42.5 Å². The van der Waals surface area contributed by atoms with Crippen LogP contribution in [-0.2, 0) is 14.9 Å². The molecule has 1 saturated heterocycles. The lowest BCUT2D eigenvalue weighted by molar-refractivity contribution is -0.0772. The largest absolute Gasteiger partial charge is 0.280 e.